The van der Waals surface area contributed by atoms with E-state index in [2.05, 4.69) is 61.5 Å². The van der Waals surface area contributed by atoms with Crippen LogP contribution in [0.1, 0.15) is 69.8 Å². The van der Waals surface area contributed by atoms with Crippen LogP contribution in [0.5, 0.6) is 0 Å². The van der Waals surface area contributed by atoms with Gasteiger partial charge in [0.05, 0.1) is 30.5 Å². The van der Waals surface area contributed by atoms with Crippen molar-refractivity contribution in [3.63, 3.8) is 0 Å². The highest BCUT2D eigenvalue weighted by Crippen LogP contribution is 2.69. The Hall–Kier alpha value is -1.98. The zero-order valence-corrected chi connectivity index (χ0v) is 22.1. The second-order valence-corrected chi connectivity index (χ2v) is 13.2. The lowest BCUT2D eigenvalue weighted by molar-refractivity contribution is -0.914. The van der Waals surface area contributed by atoms with E-state index in [0.717, 1.165) is 38.5 Å². The molecule has 3 heterocycles. The van der Waals surface area contributed by atoms with Crippen molar-refractivity contribution in [1.82, 2.24) is 0 Å². The van der Waals surface area contributed by atoms with Crippen molar-refractivity contribution < 1.29 is 14.1 Å². The van der Waals surface area contributed by atoms with Gasteiger partial charge >= 0.3 is 0 Å². The van der Waals surface area contributed by atoms with Gasteiger partial charge in [-0.3, -0.25) is 0 Å². The van der Waals surface area contributed by atoms with Gasteiger partial charge < -0.3 is 19.3 Å². The summed E-state index contributed by atoms with van der Waals surface area (Å²) in [5.74, 6) is 1.09. The van der Waals surface area contributed by atoms with Gasteiger partial charge in [0.2, 0.25) is 0 Å². The number of quaternary nitrogens is 1. The molecule has 0 aromatic heterocycles. The Kier molecular flexibility index (Phi) is 4.83. The predicted octanol–water partition coefficient (Wildman–Crippen LogP) is 6.80. The molecular weight excluding hydrogens is 458 g/mol. The molecule has 2 bridgehead atoms. The van der Waals surface area contributed by atoms with Gasteiger partial charge in [0.1, 0.15) is 13.1 Å². The normalized spacial score (nSPS) is 41.9. The summed E-state index contributed by atoms with van der Waals surface area (Å²) in [6.07, 6.45) is 13.8. The number of ether oxygens (including phenoxy) is 2. The van der Waals surface area contributed by atoms with Crippen LogP contribution in [0.25, 0.3) is 10.8 Å². The van der Waals surface area contributed by atoms with E-state index in [0.29, 0.717) is 38.1 Å². The standard InChI is InChI=1S/C33H39NO3/c1-31-13-12-27-21-26-8-9-28(34(35)16-18-36-19-17-34)22-32(26)14-15-33(27,37-32)30(31)11-10-29(31)25-7-6-23-4-2-3-5-24(23)20-25/h2-7,12,20-21,28-30H,8-11,13-19,22H2,1H3/t28-,29-,30-,31-,32-,33-/m1/s1. The van der Waals surface area contributed by atoms with Gasteiger partial charge in [-0.05, 0) is 83.3 Å². The summed E-state index contributed by atoms with van der Waals surface area (Å²) in [5.41, 5.74) is 4.27. The number of allylic oxidation sites excluding steroid dienone is 1. The number of hydroxylamine groups is 3. The lowest BCUT2D eigenvalue weighted by Crippen LogP contribution is -2.61. The van der Waals surface area contributed by atoms with E-state index in [4.69, 9.17) is 9.47 Å². The van der Waals surface area contributed by atoms with Crippen molar-refractivity contribution in [3.05, 3.63) is 76.5 Å². The molecule has 8 rings (SSSR count). The average molecular weight is 498 g/mol. The number of nitrogens with zero attached hydrogens (tertiary/aromatic N) is 1. The number of fused-ring (bicyclic) bond motifs is 2. The average Bonchev–Trinajstić information content (AvgIpc) is 3.43. The molecule has 2 aromatic rings. The van der Waals surface area contributed by atoms with Gasteiger partial charge in [0, 0.05) is 12.8 Å². The van der Waals surface area contributed by atoms with Crippen molar-refractivity contribution in [2.45, 2.75) is 81.5 Å². The predicted molar refractivity (Wildman–Crippen MR) is 146 cm³/mol. The molecule has 37 heavy (non-hydrogen) atoms. The van der Waals surface area contributed by atoms with Gasteiger partial charge in [0.25, 0.3) is 0 Å². The van der Waals surface area contributed by atoms with Crippen LogP contribution in [0.4, 0.5) is 0 Å². The van der Waals surface area contributed by atoms with Gasteiger partial charge in [0.15, 0.2) is 0 Å². The van der Waals surface area contributed by atoms with E-state index in [1.807, 2.05) is 0 Å². The van der Waals surface area contributed by atoms with Gasteiger partial charge in [-0.25, -0.2) is 0 Å². The molecule has 6 aliphatic rings. The van der Waals surface area contributed by atoms with Crippen molar-refractivity contribution in [1.29, 1.82) is 0 Å². The van der Waals surface area contributed by atoms with Crippen LogP contribution in [0.3, 0.4) is 0 Å². The number of rotatable bonds is 2. The minimum atomic E-state index is -0.215. The molecule has 2 saturated heterocycles. The van der Waals surface area contributed by atoms with Crippen LogP contribution in [-0.4, -0.2) is 48.2 Å². The Labute approximate surface area is 220 Å². The highest BCUT2D eigenvalue weighted by molar-refractivity contribution is 5.83. The van der Waals surface area contributed by atoms with Crippen molar-refractivity contribution in [2.75, 3.05) is 26.3 Å². The van der Waals surface area contributed by atoms with Crippen molar-refractivity contribution >= 4 is 10.8 Å². The summed E-state index contributed by atoms with van der Waals surface area (Å²) < 4.78 is 12.9. The third-order valence-electron chi connectivity index (χ3n) is 11.7. The summed E-state index contributed by atoms with van der Waals surface area (Å²) in [4.78, 5) is 0. The van der Waals surface area contributed by atoms with Crippen LogP contribution in [0, 0.1) is 16.5 Å². The van der Waals surface area contributed by atoms with Crippen LogP contribution >= 0.6 is 0 Å². The Morgan fingerprint density at radius 1 is 0.973 bits per heavy atom. The molecule has 2 spiro atoms. The van der Waals surface area contributed by atoms with Gasteiger partial charge in [-0.2, -0.15) is 0 Å². The quantitative estimate of drug-likeness (QED) is 0.339. The maximum atomic E-state index is 13.8. The summed E-state index contributed by atoms with van der Waals surface area (Å²) in [5, 5.41) is 16.5. The van der Waals surface area contributed by atoms with E-state index in [-0.39, 0.29) is 27.3 Å². The first-order valence-corrected chi connectivity index (χ1v) is 14.7. The molecule has 4 heteroatoms. The highest BCUT2D eigenvalue weighted by atomic mass is 16.6. The fraction of sp³-hybridized carbons (Fsp3) is 0.576. The smallest absolute Gasteiger partial charge is 0.102 e. The first-order valence-electron chi connectivity index (χ1n) is 14.7. The zero-order chi connectivity index (χ0) is 24.9. The first kappa shape index (κ1) is 23.0. The molecule has 4 fully saturated rings. The van der Waals surface area contributed by atoms with Crippen LogP contribution in [0.2, 0.25) is 0 Å². The largest absolute Gasteiger partial charge is 0.632 e. The van der Waals surface area contributed by atoms with E-state index < -0.39 is 0 Å². The Bertz CT molecular complexity index is 1320. The molecule has 3 aliphatic carbocycles. The van der Waals surface area contributed by atoms with Gasteiger partial charge in [-0.1, -0.05) is 61.5 Å². The molecule has 0 amide bonds. The van der Waals surface area contributed by atoms with Gasteiger partial charge in [-0.15, -0.1) is 0 Å². The van der Waals surface area contributed by atoms with Crippen molar-refractivity contribution in [3.8, 4) is 0 Å². The number of hydrogen-bond donors (Lipinski definition) is 0. The number of morpholine rings is 1. The Morgan fingerprint density at radius 3 is 2.68 bits per heavy atom. The molecule has 3 aliphatic heterocycles. The molecular formula is C33H39NO3. The highest BCUT2D eigenvalue weighted by Gasteiger charge is 2.67. The molecule has 0 N–H and O–H groups in total. The summed E-state index contributed by atoms with van der Waals surface area (Å²) >= 11 is 0. The maximum Gasteiger partial charge on any atom is 0.102 e. The van der Waals surface area contributed by atoms with E-state index >= 15 is 0 Å². The van der Waals surface area contributed by atoms with Crippen molar-refractivity contribution in [2.24, 2.45) is 11.3 Å². The summed E-state index contributed by atoms with van der Waals surface area (Å²) in [6.45, 7) is 4.96. The lowest BCUT2D eigenvalue weighted by Gasteiger charge is -2.57. The lowest BCUT2D eigenvalue weighted by atomic mass is 9.58. The van der Waals surface area contributed by atoms with E-state index in [9.17, 15) is 5.21 Å². The second-order valence-electron chi connectivity index (χ2n) is 13.2. The second kappa shape index (κ2) is 7.79. The topological polar surface area (TPSA) is 41.5 Å². The Morgan fingerprint density at radius 2 is 1.81 bits per heavy atom. The molecule has 0 unspecified atom stereocenters. The number of benzene rings is 2. The summed E-state index contributed by atoms with van der Waals surface area (Å²) in [6, 6.07) is 16.0. The molecule has 2 saturated carbocycles. The molecule has 6 atom stereocenters. The molecule has 2 aromatic carbocycles. The van der Waals surface area contributed by atoms with Crippen LogP contribution < -0.4 is 0 Å². The fourth-order valence-corrected chi connectivity index (χ4v) is 9.77. The SMILES string of the molecule is C[C@]12CC=C3C=C4CC[C@@H]([N+]5([O-])CCOCC5)C[C@]45CC[C@]3(O5)[C@@H]1CC[C@@H]2c1ccc2ccccc2c1. The fourth-order valence-electron chi connectivity index (χ4n) is 9.77. The van der Waals surface area contributed by atoms with Crippen LogP contribution in [0.15, 0.2) is 65.8 Å². The zero-order valence-electron chi connectivity index (χ0n) is 22.1. The third kappa shape index (κ3) is 3.10. The minimum Gasteiger partial charge on any atom is -0.632 e. The monoisotopic (exact) mass is 497 g/mol. The molecule has 194 valence electrons. The minimum absolute atomic E-state index is 0.0702. The molecule has 0 radical (unpaired) electrons. The molecule has 4 nitrogen and oxygen atoms in total. The maximum absolute atomic E-state index is 13.8. The Balaban J connectivity index is 1.14. The van der Waals surface area contributed by atoms with Crippen LogP contribution in [-0.2, 0) is 9.47 Å². The van der Waals surface area contributed by atoms with E-state index in [1.165, 1.54) is 40.3 Å². The third-order valence-corrected chi connectivity index (χ3v) is 11.7. The summed E-state index contributed by atoms with van der Waals surface area (Å²) in [7, 11) is 0. The first-order chi connectivity index (χ1) is 17.9. The van der Waals surface area contributed by atoms with E-state index in [1.54, 1.807) is 0 Å². The number of hydrogen-bond acceptors (Lipinski definition) is 3.